The fraction of sp³-hybridized carbons (Fsp3) is 0.357. The molecular formula is C14H15F3N2O. The molecule has 3 nitrogen and oxygen atoms in total. The van der Waals surface area contributed by atoms with Gasteiger partial charge in [0, 0.05) is 11.3 Å². The van der Waals surface area contributed by atoms with Crippen LogP contribution in [-0.2, 0) is 11.8 Å². The molecule has 1 aromatic carbocycles. The normalized spacial score (nSPS) is 12.8. The van der Waals surface area contributed by atoms with Crippen LogP contribution >= 0.6 is 0 Å². The number of aromatic nitrogens is 2. The summed E-state index contributed by atoms with van der Waals surface area (Å²) in [5, 5.41) is 14.0. The summed E-state index contributed by atoms with van der Waals surface area (Å²) in [5.74, 6) is 0. The van der Waals surface area contributed by atoms with Crippen molar-refractivity contribution in [3.05, 3.63) is 47.3 Å². The summed E-state index contributed by atoms with van der Waals surface area (Å²) in [6.45, 7) is 4.77. The number of alkyl halides is 3. The van der Waals surface area contributed by atoms with Crippen LogP contribution in [0.2, 0.25) is 0 Å². The molecule has 0 aliphatic carbocycles. The van der Waals surface area contributed by atoms with Gasteiger partial charge >= 0.3 is 6.18 Å². The second-order valence-electron chi connectivity index (χ2n) is 5.13. The molecule has 0 bridgehead atoms. The molecule has 6 heteroatoms. The smallest absolute Gasteiger partial charge is 0.386 e. The molecule has 0 saturated heterocycles. The zero-order valence-corrected chi connectivity index (χ0v) is 11.4. The van der Waals surface area contributed by atoms with Crippen molar-refractivity contribution in [1.29, 1.82) is 0 Å². The van der Waals surface area contributed by atoms with Gasteiger partial charge in [0.05, 0.1) is 23.0 Å². The van der Waals surface area contributed by atoms with E-state index in [-0.39, 0.29) is 5.69 Å². The molecule has 1 N–H and O–H groups in total. The van der Waals surface area contributed by atoms with Gasteiger partial charge in [-0.05, 0) is 32.9 Å². The Hall–Kier alpha value is -1.82. The van der Waals surface area contributed by atoms with Gasteiger partial charge in [0.2, 0.25) is 0 Å². The zero-order valence-electron chi connectivity index (χ0n) is 11.4. The van der Waals surface area contributed by atoms with E-state index in [0.717, 1.165) is 6.07 Å². The largest absolute Gasteiger partial charge is 0.418 e. The third-order valence-corrected chi connectivity index (χ3v) is 3.11. The molecule has 20 heavy (non-hydrogen) atoms. The van der Waals surface area contributed by atoms with E-state index in [0.29, 0.717) is 11.3 Å². The number of nitrogens with zero attached hydrogens (tertiary/aromatic N) is 2. The highest BCUT2D eigenvalue weighted by atomic mass is 19.4. The molecule has 0 aliphatic rings. The summed E-state index contributed by atoms with van der Waals surface area (Å²) >= 11 is 0. The average Bonchev–Trinajstić information content (AvgIpc) is 2.69. The first kappa shape index (κ1) is 14.6. The third kappa shape index (κ3) is 2.56. The van der Waals surface area contributed by atoms with Crippen molar-refractivity contribution < 1.29 is 18.3 Å². The lowest BCUT2D eigenvalue weighted by molar-refractivity contribution is -0.137. The van der Waals surface area contributed by atoms with Crippen LogP contribution in [0, 0.1) is 6.92 Å². The molecule has 0 atom stereocenters. The molecule has 2 rings (SSSR count). The van der Waals surface area contributed by atoms with E-state index >= 15 is 0 Å². The standard InChI is InChI=1S/C14H15F3N2O/c1-9-11(13(2,3)20)8-18-19(9)12-7-5-4-6-10(12)14(15,16)17/h4-8,20H,1-3H3. The van der Waals surface area contributed by atoms with Crippen molar-refractivity contribution in [3.63, 3.8) is 0 Å². The topological polar surface area (TPSA) is 38.1 Å². The zero-order chi connectivity index (χ0) is 15.1. The van der Waals surface area contributed by atoms with Crippen LogP contribution in [0.5, 0.6) is 0 Å². The van der Waals surface area contributed by atoms with Crippen molar-refractivity contribution in [2.75, 3.05) is 0 Å². The minimum Gasteiger partial charge on any atom is -0.386 e. The van der Waals surface area contributed by atoms with Crippen LogP contribution in [0.15, 0.2) is 30.5 Å². The van der Waals surface area contributed by atoms with Gasteiger partial charge in [-0.15, -0.1) is 0 Å². The first-order chi connectivity index (χ1) is 9.12. The maximum Gasteiger partial charge on any atom is 0.418 e. The maximum absolute atomic E-state index is 13.0. The van der Waals surface area contributed by atoms with Crippen molar-refractivity contribution in [2.45, 2.75) is 32.5 Å². The lowest BCUT2D eigenvalue weighted by Crippen LogP contribution is -2.17. The number of para-hydroxylation sites is 1. The number of rotatable bonds is 2. The van der Waals surface area contributed by atoms with Gasteiger partial charge in [-0.1, -0.05) is 12.1 Å². The first-order valence-corrected chi connectivity index (χ1v) is 6.06. The van der Waals surface area contributed by atoms with Crippen LogP contribution in [0.25, 0.3) is 5.69 Å². The fourth-order valence-corrected chi connectivity index (χ4v) is 2.15. The Labute approximate surface area is 114 Å². The fourth-order valence-electron chi connectivity index (χ4n) is 2.15. The average molecular weight is 284 g/mol. The summed E-state index contributed by atoms with van der Waals surface area (Å²) in [6.07, 6.45) is -3.06. The Kier molecular flexibility index (Phi) is 3.37. The van der Waals surface area contributed by atoms with E-state index in [2.05, 4.69) is 5.10 Å². The van der Waals surface area contributed by atoms with E-state index in [1.54, 1.807) is 20.8 Å². The number of hydrogen-bond acceptors (Lipinski definition) is 2. The van der Waals surface area contributed by atoms with E-state index in [1.165, 1.54) is 29.1 Å². The number of halogens is 3. The molecule has 0 saturated carbocycles. The third-order valence-electron chi connectivity index (χ3n) is 3.11. The monoisotopic (exact) mass is 284 g/mol. The SMILES string of the molecule is Cc1c(C(C)(C)O)cnn1-c1ccccc1C(F)(F)F. The van der Waals surface area contributed by atoms with Gasteiger partial charge in [0.1, 0.15) is 0 Å². The van der Waals surface area contributed by atoms with Crippen LogP contribution < -0.4 is 0 Å². The number of aliphatic hydroxyl groups is 1. The molecule has 1 aromatic heterocycles. The summed E-state index contributed by atoms with van der Waals surface area (Å²) in [4.78, 5) is 0. The van der Waals surface area contributed by atoms with Gasteiger partial charge in [0.15, 0.2) is 0 Å². The Bertz CT molecular complexity index is 624. The summed E-state index contributed by atoms with van der Waals surface area (Å²) in [6, 6.07) is 5.23. The molecule has 108 valence electrons. The second kappa shape index (κ2) is 4.63. The molecule has 0 spiro atoms. The minimum atomic E-state index is -4.45. The minimum absolute atomic E-state index is 0.0481. The van der Waals surface area contributed by atoms with E-state index in [4.69, 9.17) is 0 Å². The lowest BCUT2D eigenvalue weighted by Gasteiger charge is -2.18. The molecule has 2 aromatic rings. The highest BCUT2D eigenvalue weighted by Gasteiger charge is 2.34. The van der Waals surface area contributed by atoms with Gasteiger partial charge in [-0.25, -0.2) is 4.68 Å². The van der Waals surface area contributed by atoms with Crippen molar-refractivity contribution >= 4 is 0 Å². The van der Waals surface area contributed by atoms with E-state index < -0.39 is 17.3 Å². The summed E-state index contributed by atoms with van der Waals surface area (Å²) in [5.41, 5.74) is -0.986. The predicted molar refractivity (Wildman–Crippen MR) is 68.5 cm³/mol. The van der Waals surface area contributed by atoms with Crippen molar-refractivity contribution in [2.24, 2.45) is 0 Å². The van der Waals surface area contributed by atoms with Crippen LogP contribution in [0.3, 0.4) is 0 Å². The molecule has 0 amide bonds. The maximum atomic E-state index is 13.0. The number of hydrogen-bond donors (Lipinski definition) is 1. The van der Waals surface area contributed by atoms with Crippen molar-refractivity contribution in [1.82, 2.24) is 9.78 Å². The van der Waals surface area contributed by atoms with Crippen molar-refractivity contribution in [3.8, 4) is 5.69 Å². The van der Waals surface area contributed by atoms with Gasteiger partial charge in [-0.3, -0.25) is 0 Å². The molecule has 0 fully saturated rings. The van der Waals surface area contributed by atoms with Gasteiger partial charge < -0.3 is 5.11 Å². The van der Waals surface area contributed by atoms with Crippen LogP contribution in [0.1, 0.15) is 30.7 Å². The lowest BCUT2D eigenvalue weighted by atomic mass is 9.99. The quantitative estimate of drug-likeness (QED) is 0.917. The predicted octanol–water partition coefficient (Wildman–Crippen LogP) is 3.43. The number of benzene rings is 1. The Morgan fingerprint density at radius 1 is 1.10 bits per heavy atom. The van der Waals surface area contributed by atoms with Gasteiger partial charge in [0.25, 0.3) is 0 Å². The van der Waals surface area contributed by atoms with Crippen LogP contribution in [-0.4, -0.2) is 14.9 Å². The molecule has 0 unspecified atom stereocenters. The van der Waals surface area contributed by atoms with E-state index in [9.17, 15) is 18.3 Å². The first-order valence-electron chi connectivity index (χ1n) is 6.06. The second-order valence-corrected chi connectivity index (χ2v) is 5.13. The molecular weight excluding hydrogens is 269 g/mol. The molecule has 0 radical (unpaired) electrons. The van der Waals surface area contributed by atoms with E-state index in [1.807, 2.05) is 0 Å². The summed E-state index contributed by atoms with van der Waals surface area (Å²) < 4.78 is 40.3. The highest BCUT2D eigenvalue weighted by molar-refractivity contribution is 5.44. The Morgan fingerprint density at radius 3 is 2.20 bits per heavy atom. The summed E-state index contributed by atoms with van der Waals surface area (Å²) in [7, 11) is 0. The Morgan fingerprint density at radius 2 is 1.70 bits per heavy atom. The molecule has 0 aliphatic heterocycles. The molecule has 1 heterocycles. The van der Waals surface area contributed by atoms with Gasteiger partial charge in [-0.2, -0.15) is 18.3 Å². The Balaban J connectivity index is 2.63. The van der Waals surface area contributed by atoms with Crippen LogP contribution in [0.4, 0.5) is 13.2 Å². The highest BCUT2D eigenvalue weighted by Crippen LogP contribution is 2.34.